The van der Waals surface area contributed by atoms with Crippen LogP contribution in [0, 0.1) is 0 Å². The second-order valence-electron chi connectivity index (χ2n) is 22.7. The van der Waals surface area contributed by atoms with Crippen LogP contribution in [0.2, 0.25) is 0 Å². The summed E-state index contributed by atoms with van der Waals surface area (Å²) in [5.41, 5.74) is 2.70. The predicted molar refractivity (Wildman–Crippen MR) is 394 cm³/mol. The first kappa shape index (κ1) is 102. The number of thioether (sulfide) groups is 1. The second kappa shape index (κ2) is 96.4. The monoisotopic (exact) mass is 1290 g/mol. The van der Waals surface area contributed by atoms with Crippen LogP contribution in [-0.4, -0.2) is 144 Å². The molecule has 0 heterocycles. The van der Waals surface area contributed by atoms with Crippen molar-refractivity contribution >= 4 is 35.5 Å². The van der Waals surface area contributed by atoms with Gasteiger partial charge in [0.25, 0.3) is 0 Å². The van der Waals surface area contributed by atoms with Crippen LogP contribution in [-0.2, 0) is 51.1 Å². The third kappa shape index (κ3) is 104. The van der Waals surface area contributed by atoms with Gasteiger partial charge >= 0.3 is 12.1 Å². The number of hydrogen-bond acceptors (Lipinski definition) is 11. The average molecular weight is 1290 g/mol. The van der Waals surface area contributed by atoms with E-state index in [1.54, 1.807) is 16.8 Å². The van der Waals surface area contributed by atoms with Crippen molar-refractivity contribution < 1.29 is 42.9 Å². The zero-order chi connectivity index (χ0) is 69.1. The molecule has 0 spiro atoms. The molecule has 13 heteroatoms. The van der Waals surface area contributed by atoms with Crippen molar-refractivity contribution in [1.29, 1.82) is 0 Å². The third-order valence-electron chi connectivity index (χ3n) is 12.3. The summed E-state index contributed by atoms with van der Waals surface area (Å²) in [6.45, 7) is 48.6. The molecule has 1 aromatic rings. The van der Waals surface area contributed by atoms with E-state index in [4.69, 9.17) is 23.7 Å². The smallest absolute Gasteiger partial charge is 0.409 e. The molecule has 89 heavy (non-hydrogen) atoms. The zero-order valence-electron chi connectivity index (χ0n) is 63.6. The van der Waals surface area contributed by atoms with E-state index in [-0.39, 0.29) is 18.0 Å². The zero-order valence-corrected chi connectivity index (χ0v) is 64.4. The van der Waals surface area contributed by atoms with Gasteiger partial charge in [0.15, 0.2) is 0 Å². The summed E-state index contributed by atoms with van der Waals surface area (Å²) in [4.78, 5) is 49.0. The Labute approximate surface area is 561 Å². The average Bonchev–Trinajstić information content (AvgIpc) is 3.55. The van der Waals surface area contributed by atoms with Gasteiger partial charge in [-0.2, -0.15) is 11.8 Å². The molecule has 12 nitrogen and oxygen atoms in total. The van der Waals surface area contributed by atoms with E-state index in [0.717, 1.165) is 143 Å². The summed E-state index contributed by atoms with van der Waals surface area (Å²) in [7, 11) is 5.79. The Kier molecular flexibility index (Phi) is 111. The van der Waals surface area contributed by atoms with Crippen LogP contribution in [0.1, 0.15) is 328 Å². The molecule has 0 fully saturated rings. The Hall–Kier alpha value is -2.71. The number of hydrogen-bond donors (Lipinski definition) is 0. The van der Waals surface area contributed by atoms with Crippen molar-refractivity contribution in [1.82, 2.24) is 14.7 Å². The molecule has 0 aliphatic carbocycles. The normalized spacial score (nSPS) is 9.87. The molecule has 0 aliphatic rings. The number of nitrogens with zero attached hydrogens (tertiary/aromatic N) is 3. The number of benzene rings is 1. The van der Waals surface area contributed by atoms with Crippen LogP contribution in [0.25, 0.3) is 0 Å². The third-order valence-corrected chi connectivity index (χ3v) is 13.6. The fraction of sp³-hybridized carbons (Fsp3) is 0.868. The van der Waals surface area contributed by atoms with E-state index in [1.165, 1.54) is 132 Å². The molecule has 0 atom stereocenters. The minimum atomic E-state index is -0.214. The van der Waals surface area contributed by atoms with Gasteiger partial charge in [-0.1, -0.05) is 207 Å². The lowest BCUT2D eigenvalue weighted by molar-refractivity contribution is -0.143. The summed E-state index contributed by atoms with van der Waals surface area (Å²) in [5.74, 6) is 3.29. The number of carbonyl (C=O) groups excluding carboxylic acids is 4. The van der Waals surface area contributed by atoms with Gasteiger partial charge < -0.3 is 38.4 Å². The number of unbranched alkanes of at least 4 members (excludes halogenated alkanes) is 8. The lowest BCUT2D eigenvalue weighted by Crippen LogP contribution is -2.28. The molecule has 0 saturated carbocycles. The number of aryl methyl sites for hydroxylation is 1. The van der Waals surface area contributed by atoms with Gasteiger partial charge in [0, 0.05) is 85.9 Å². The highest BCUT2D eigenvalue weighted by Gasteiger charge is 2.07. The summed E-state index contributed by atoms with van der Waals surface area (Å²) in [6.07, 6.45) is 34.9. The van der Waals surface area contributed by atoms with E-state index < -0.39 is 0 Å². The van der Waals surface area contributed by atoms with E-state index in [9.17, 15) is 19.2 Å². The number of esters is 1. The Morgan fingerprint density at radius 3 is 1.15 bits per heavy atom. The van der Waals surface area contributed by atoms with Crippen molar-refractivity contribution in [2.75, 3.05) is 105 Å². The minimum absolute atomic E-state index is 0.0700. The van der Waals surface area contributed by atoms with Gasteiger partial charge in [0.2, 0.25) is 5.91 Å². The van der Waals surface area contributed by atoms with Gasteiger partial charge in [-0.3, -0.25) is 14.4 Å². The maximum absolute atomic E-state index is 11.1. The van der Waals surface area contributed by atoms with Crippen LogP contribution in [0.15, 0.2) is 24.3 Å². The second-order valence-corrected chi connectivity index (χ2v) is 23.9. The van der Waals surface area contributed by atoms with Gasteiger partial charge in [0.1, 0.15) is 5.78 Å². The summed E-state index contributed by atoms with van der Waals surface area (Å²) < 4.78 is 25.7. The summed E-state index contributed by atoms with van der Waals surface area (Å²) in [5, 5.41) is 0. The first-order chi connectivity index (χ1) is 43.0. The molecule has 536 valence electrons. The molecule has 0 N–H and O–H groups in total. The Morgan fingerprint density at radius 1 is 0.348 bits per heavy atom. The van der Waals surface area contributed by atoms with Gasteiger partial charge in [0.05, 0.1) is 19.8 Å². The quantitative estimate of drug-likeness (QED) is 0.0458. The van der Waals surface area contributed by atoms with Crippen LogP contribution in [0.4, 0.5) is 4.79 Å². The van der Waals surface area contributed by atoms with E-state index in [0.29, 0.717) is 31.8 Å². The molecular formula is C76H157N3O9S. The Morgan fingerprint density at radius 2 is 0.742 bits per heavy atom. The van der Waals surface area contributed by atoms with Crippen molar-refractivity contribution in [3.8, 4) is 0 Å². The standard InChI is InChI=1S/C14H30O.C13H20O.C8H17NO2.C8H17NO.C7H17N.C7H14O2.C7H14O.C6H14O.C6H14S/c1-3-5-6-7-8-9-10-11-12-14-15-13-4-2;1-3-5-12-6-8-13(9-7-12)11-14-10-4-2;1-4-6-9(3)8(10)11-7-5-2;1-4-6-8(10)9(3)7-5-2;1-4-6-8(3)7-5-2;1-3-5-7(8)9-6-4-2;1-3-5-7(8)6-4-2;2*1-3-5-7-6-4-2/h3-14H2,1-2H3;6-9H,3-5,10-11H2,1-2H3;4-7H2,1-3H3;4-7H2,1-3H3;4-7H2,1-3H3;3-6H2,1-2H3;3-6H2,1-2H3;2*3-6H2,1-2H3. The highest BCUT2D eigenvalue weighted by Crippen LogP contribution is 2.10. The van der Waals surface area contributed by atoms with Crippen molar-refractivity contribution in [2.45, 2.75) is 330 Å². The number of ether oxygens (including phenoxy) is 5. The van der Waals surface area contributed by atoms with Gasteiger partial charge in [-0.15, -0.1) is 0 Å². The molecule has 0 radical (unpaired) electrons. The molecule has 1 aromatic carbocycles. The van der Waals surface area contributed by atoms with E-state index >= 15 is 0 Å². The maximum Gasteiger partial charge on any atom is 0.409 e. The summed E-state index contributed by atoms with van der Waals surface area (Å²) in [6, 6.07) is 8.74. The largest absolute Gasteiger partial charge is 0.466 e. The van der Waals surface area contributed by atoms with Crippen molar-refractivity contribution in [3.05, 3.63) is 35.4 Å². The Bertz CT molecular complexity index is 1400. The van der Waals surface area contributed by atoms with Crippen molar-refractivity contribution in [3.63, 3.8) is 0 Å². The SMILES string of the molecule is CCCC(=O)CCC.CCCC(=O)N(C)CCC.CCCCCCCCCCCOCCC.CCCN(C)CCC.CCCOC(=O)CCC.CCCOC(=O)N(C)CCC.CCCOCCC.CCCOCc1ccc(CCC)cc1.CCCSCCC. The molecule has 0 aromatic heterocycles. The number of ketones is 1. The van der Waals surface area contributed by atoms with Crippen LogP contribution < -0.4 is 0 Å². The van der Waals surface area contributed by atoms with Crippen molar-refractivity contribution in [2.24, 2.45) is 0 Å². The van der Waals surface area contributed by atoms with Crippen LogP contribution in [0.5, 0.6) is 0 Å². The Balaban J connectivity index is -0.000000140. The topological polar surface area (TPSA) is 124 Å². The van der Waals surface area contributed by atoms with Gasteiger partial charge in [-0.25, -0.2) is 4.79 Å². The molecule has 2 amide bonds. The highest BCUT2D eigenvalue weighted by atomic mass is 32.2. The molecule has 0 bridgehead atoms. The fourth-order valence-corrected chi connectivity index (χ4v) is 8.39. The number of Topliss-reactive ketones (excluding diaryl/α,β-unsaturated/α-hetero) is 1. The fourth-order valence-electron chi connectivity index (χ4n) is 7.61. The van der Waals surface area contributed by atoms with Gasteiger partial charge in [-0.05, 0) is 158 Å². The lowest BCUT2D eigenvalue weighted by atomic mass is 10.1. The summed E-state index contributed by atoms with van der Waals surface area (Å²) >= 11 is 2.05. The highest BCUT2D eigenvalue weighted by molar-refractivity contribution is 7.99. The van der Waals surface area contributed by atoms with E-state index in [2.05, 4.69) is 124 Å². The van der Waals surface area contributed by atoms with Crippen LogP contribution >= 0.6 is 11.8 Å². The number of amides is 2. The first-order valence-electron chi connectivity index (χ1n) is 36.8. The maximum atomic E-state index is 11.1. The van der Waals surface area contributed by atoms with Crippen LogP contribution in [0.3, 0.4) is 0 Å². The molecule has 1 rings (SSSR count). The number of carbonyl (C=O) groups is 4. The first-order valence-corrected chi connectivity index (χ1v) is 38.0. The lowest BCUT2D eigenvalue weighted by Gasteiger charge is -2.15. The number of rotatable bonds is 46. The molecular weight excluding hydrogens is 1130 g/mol. The minimum Gasteiger partial charge on any atom is -0.466 e. The predicted octanol–water partition coefficient (Wildman–Crippen LogP) is 22.0. The molecule has 0 saturated heterocycles. The molecule has 0 unspecified atom stereocenters. The van der Waals surface area contributed by atoms with E-state index in [1.807, 2.05) is 55.5 Å². The molecule has 0 aliphatic heterocycles.